The van der Waals surface area contributed by atoms with Crippen LogP contribution in [0, 0.1) is 0 Å². The summed E-state index contributed by atoms with van der Waals surface area (Å²) in [5, 5.41) is 51.3. The number of nitrogen functional groups attached to an aromatic ring is 1. The number of nitrogens with one attached hydrogen (secondary N) is 1. The predicted molar refractivity (Wildman–Crippen MR) is 158 cm³/mol. The molecule has 6 rings (SSSR count). The maximum Gasteiger partial charge on any atom is 0.330 e. The first-order valence-corrected chi connectivity index (χ1v) is 14.9. The quantitative estimate of drug-likeness (QED) is 0.110. The van der Waals surface area contributed by atoms with Gasteiger partial charge in [0, 0.05) is 51.5 Å². The fourth-order valence-corrected chi connectivity index (χ4v) is 5.86. The number of piperazine rings is 1. The van der Waals surface area contributed by atoms with Crippen LogP contribution in [0.3, 0.4) is 0 Å². The largest absolute Gasteiger partial charge is 0.397 e. The number of aliphatic hydroxyl groups excluding tert-OH is 4. The van der Waals surface area contributed by atoms with Crippen molar-refractivity contribution in [3.8, 4) is 0 Å². The van der Waals surface area contributed by atoms with Gasteiger partial charge in [-0.3, -0.25) is 23.9 Å². The lowest BCUT2D eigenvalue weighted by Crippen LogP contribution is -2.47. The highest BCUT2D eigenvalue weighted by Gasteiger charge is 2.52. The van der Waals surface area contributed by atoms with Crippen LogP contribution in [-0.2, 0) is 20.8 Å². The van der Waals surface area contributed by atoms with Crippen LogP contribution in [0.2, 0.25) is 0 Å². The van der Waals surface area contributed by atoms with E-state index in [9.17, 15) is 30.0 Å². The number of hydrogen-bond acceptors (Lipinski definition) is 16. The average molecular weight is 647 g/mol. The molecule has 0 aliphatic carbocycles. The van der Waals surface area contributed by atoms with Crippen molar-refractivity contribution in [3.05, 3.63) is 63.3 Å². The summed E-state index contributed by atoms with van der Waals surface area (Å²) in [6, 6.07) is 4.80. The lowest BCUT2D eigenvalue weighted by molar-refractivity contribution is -0.224. The molecule has 19 nitrogen and oxygen atoms in total. The Labute approximate surface area is 261 Å². The summed E-state index contributed by atoms with van der Waals surface area (Å²) in [5.74, 6) is 0.872. The number of nitrogens with zero attached hydrogens (tertiary/aromatic N) is 7. The van der Waals surface area contributed by atoms with Crippen molar-refractivity contribution < 1.29 is 34.6 Å². The van der Waals surface area contributed by atoms with Crippen molar-refractivity contribution >= 4 is 11.5 Å². The minimum atomic E-state index is -1.62. The van der Waals surface area contributed by atoms with Gasteiger partial charge in [0.1, 0.15) is 54.2 Å². The van der Waals surface area contributed by atoms with Gasteiger partial charge in [-0.25, -0.2) is 9.78 Å². The van der Waals surface area contributed by atoms with Crippen LogP contribution in [0.4, 0.5) is 11.5 Å². The van der Waals surface area contributed by atoms with Crippen molar-refractivity contribution in [2.45, 2.75) is 61.8 Å². The summed E-state index contributed by atoms with van der Waals surface area (Å²) >= 11 is 0. The van der Waals surface area contributed by atoms with Crippen LogP contribution >= 0.6 is 0 Å². The molecule has 0 amide bonds. The van der Waals surface area contributed by atoms with E-state index in [1.165, 1.54) is 0 Å². The average Bonchev–Trinajstić information content (AvgIpc) is 3.72. The maximum atomic E-state index is 12.4. The van der Waals surface area contributed by atoms with E-state index >= 15 is 0 Å². The molecule has 9 N–H and O–H groups in total. The second-order valence-corrected chi connectivity index (χ2v) is 11.5. The summed E-state index contributed by atoms with van der Waals surface area (Å²) in [6.07, 6.45) is -8.05. The first-order chi connectivity index (χ1) is 22.1. The van der Waals surface area contributed by atoms with Gasteiger partial charge in [0.25, 0.3) is 5.56 Å². The summed E-state index contributed by atoms with van der Waals surface area (Å²) in [5.41, 5.74) is 10.7. The molecule has 3 aromatic rings. The van der Waals surface area contributed by atoms with Crippen LogP contribution in [0.15, 0.2) is 46.4 Å². The van der Waals surface area contributed by atoms with Gasteiger partial charge < -0.3 is 51.0 Å². The van der Waals surface area contributed by atoms with E-state index in [2.05, 4.69) is 30.1 Å². The standard InChI is InChI=1S/C27H38N10O9/c28-11-16-19(39)22(42)26(44-16)46-23(24-20(40)21(41)25(45-24)37-4-3-18(38)31-27(37)43)15-13-36(33-32-15)10-7-34-5-8-35(9-6-34)17-2-1-14(29)12-30-17/h1-4,12-13,16,19-26,39-42H,5-11,28-29H2,(H,31,38,43)/t16-,19-,20+,21-,22-,23+,24+,25-,26+/m1/s1. The summed E-state index contributed by atoms with van der Waals surface area (Å²) in [4.78, 5) is 34.9. The molecule has 46 heavy (non-hydrogen) atoms. The number of ether oxygens (including phenoxy) is 3. The minimum Gasteiger partial charge on any atom is -0.397 e. The van der Waals surface area contributed by atoms with Gasteiger partial charge in [0.2, 0.25) is 0 Å². The number of H-pyrrole nitrogens is 1. The molecule has 3 fully saturated rings. The molecule has 250 valence electrons. The molecule has 9 atom stereocenters. The SMILES string of the molecule is NC[C@H]1O[C@@H](O[C@@H](c2cn(CCN3CCN(c4ccc(N)cn4)CC3)nn2)[C@H]2O[C@@H](n3ccc(=O)[nH]c3=O)[C@H](O)[C@@H]2O)[C@H](O)[C@@H]1O. The van der Waals surface area contributed by atoms with Gasteiger partial charge in [-0.1, -0.05) is 5.21 Å². The Morgan fingerprint density at radius 2 is 1.78 bits per heavy atom. The fraction of sp³-hybridized carbons (Fsp3) is 0.593. The maximum absolute atomic E-state index is 12.4. The highest BCUT2D eigenvalue weighted by molar-refractivity contribution is 5.46. The molecule has 0 saturated carbocycles. The first kappa shape index (κ1) is 32.2. The Bertz CT molecular complexity index is 1580. The normalized spacial score (nSPS) is 31.0. The van der Waals surface area contributed by atoms with Crippen molar-refractivity contribution in [1.29, 1.82) is 0 Å². The van der Waals surface area contributed by atoms with Crippen molar-refractivity contribution in [1.82, 2.24) is 34.4 Å². The van der Waals surface area contributed by atoms with Crippen LogP contribution in [0.25, 0.3) is 0 Å². The molecule has 0 unspecified atom stereocenters. The molecule has 3 aliphatic heterocycles. The van der Waals surface area contributed by atoms with Gasteiger partial charge in [0.15, 0.2) is 12.5 Å². The Hall–Kier alpha value is -3.79. The first-order valence-electron chi connectivity index (χ1n) is 14.9. The van der Waals surface area contributed by atoms with E-state index in [-0.39, 0.29) is 12.2 Å². The molecule has 3 aliphatic rings. The van der Waals surface area contributed by atoms with Crippen LogP contribution in [0.5, 0.6) is 0 Å². The van der Waals surface area contributed by atoms with E-state index in [4.69, 9.17) is 25.7 Å². The number of aromatic nitrogens is 6. The van der Waals surface area contributed by atoms with Crippen LogP contribution in [0.1, 0.15) is 18.0 Å². The van der Waals surface area contributed by atoms with Crippen LogP contribution < -0.4 is 27.6 Å². The molecule has 0 bridgehead atoms. The van der Waals surface area contributed by atoms with E-state index in [0.717, 1.165) is 48.8 Å². The molecule has 19 heteroatoms. The van der Waals surface area contributed by atoms with Gasteiger partial charge in [0.05, 0.1) is 24.6 Å². The molecular formula is C27H38N10O9. The third-order valence-electron chi connectivity index (χ3n) is 8.49. The highest BCUT2D eigenvalue weighted by atomic mass is 16.7. The third-order valence-corrected chi connectivity index (χ3v) is 8.49. The van der Waals surface area contributed by atoms with Gasteiger partial charge in [-0.05, 0) is 12.1 Å². The number of rotatable bonds is 10. The Morgan fingerprint density at radius 1 is 1.00 bits per heavy atom. The number of anilines is 2. The van der Waals surface area contributed by atoms with Gasteiger partial charge >= 0.3 is 5.69 Å². The van der Waals surface area contributed by atoms with Gasteiger partial charge in [-0.2, -0.15) is 0 Å². The monoisotopic (exact) mass is 646 g/mol. The molecule has 3 saturated heterocycles. The number of aliphatic hydroxyl groups is 4. The second kappa shape index (κ2) is 13.5. The number of aromatic amines is 1. The number of nitrogens with two attached hydrogens (primary N) is 2. The lowest BCUT2D eigenvalue weighted by atomic mass is 10.0. The smallest absolute Gasteiger partial charge is 0.330 e. The molecule has 0 spiro atoms. The molecular weight excluding hydrogens is 608 g/mol. The summed E-state index contributed by atoms with van der Waals surface area (Å²) in [6.45, 7) is 4.19. The molecule has 3 aromatic heterocycles. The van der Waals surface area contributed by atoms with E-state index in [1.807, 2.05) is 12.1 Å². The van der Waals surface area contributed by atoms with Crippen LogP contribution in [-0.4, -0.2) is 137 Å². The van der Waals surface area contributed by atoms with Crippen molar-refractivity contribution in [2.75, 3.05) is 49.9 Å². The third kappa shape index (κ3) is 6.54. The number of hydrogen-bond donors (Lipinski definition) is 7. The lowest BCUT2D eigenvalue weighted by Gasteiger charge is -2.35. The zero-order valence-corrected chi connectivity index (χ0v) is 24.7. The number of pyridine rings is 1. The Morgan fingerprint density at radius 3 is 2.46 bits per heavy atom. The van der Waals surface area contributed by atoms with Crippen molar-refractivity contribution in [2.24, 2.45) is 5.73 Å². The highest BCUT2D eigenvalue weighted by Crippen LogP contribution is 2.39. The minimum absolute atomic E-state index is 0.0951. The van der Waals surface area contributed by atoms with E-state index in [0.29, 0.717) is 18.8 Å². The van der Waals surface area contributed by atoms with E-state index in [1.54, 1.807) is 17.1 Å². The fourth-order valence-electron chi connectivity index (χ4n) is 5.86. The molecule has 0 radical (unpaired) electrons. The Kier molecular flexibility index (Phi) is 9.45. The topological polar surface area (TPSA) is 266 Å². The summed E-state index contributed by atoms with van der Waals surface area (Å²) < 4.78 is 20.1. The zero-order chi connectivity index (χ0) is 32.5. The molecule has 6 heterocycles. The van der Waals surface area contributed by atoms with Crippen molar-refractivity contribution in [3.63, 3.8) is 0 Å². The summed E-state index contributed by atoms with van der Waals surface area (Å²) in [7, 11) is 0. The van der Waals surface area contributed by atoms with E-state index < -0.39 is 66.5 Å². The zero-order valence-electron chi connectivity index (χ0n) is 24.7. The van der Waals surface area contributed by atoms with Gasteiger partial charge in [-0.15, -0.1) is 5.10 Å². The predicted octanol–water partition coefficient (Wildman–Crippen LogP) is -4.29. The Balaban J connectivity index is 1.16. The molecule has 0 aromatic carbocycles. The second-order valence-electron chi connectivity index (χ2n) is 11.5.